The van der Waals surface area contributed by atoms with Gasteiger partial charge in [0.2, 0.25) is 23.7 Å². The molecule has 0 atom stereocenters. The molecule has 458 valence electrons. The predicted octanol–water partition coefficient (Wildman–Crippen LogP) is 6.61. The molecule has 8 heterocycles. The second kappa shape index (κ2) is 23.8. The van der Waals surface area contributed by atoms with E-state index in [1.807, 2.05) is 25.7 Å². The number of benzene rings is 2. The Labute approximate surface area is 497 Å². The van der Waals surface area contributed by atoms with Crippen LogP contribution in [0, 0.1) is 11.6 Å². The van der Waals surface area contributed by atoms with Gasteiger partial charge in [0.25, 0.3) is 11.1 Å². The average Bonchev–Trinajstić information content (AvgIpc) is 0.819. The van der Waals surface area contributed by atoms with E-state index < -0.39 is 85.3 Å². The number of likely N-dealkylation sites (N-methyl/N-ethyl adjacent to an activating group) is 2. The molecule has 0 saturated carbocycles. The first-order chi connectivity index (χ1) is 40.8. The predicted molar refractivity (Wildman–Crippen MR) is 313 cm³/mol. The van der Waals surface area contributed by atoms with Crippen LogP contribution in [0.1, 0.15) is 37.7 Å². The van der Waals surface area contributed by atoms with Gasteiger partial charge in [-0.25, -0.2) is 18.7 Å². The Hall–Kier alpha value is -7.82. The van der Waals surface area contributed by atoms with Crippen LogP contribution in [0.3, 0.4) is 0 Å². The Kier molecular flexibility index (Phi) is 17.0. The van der Waals surface area contributed by atoms with E-state index in [4.69, 9.17) is 44.6 Å². The lowest BCUT2D eigenvalue weighted by Gasteiger charge is -2.45. The van der Waals surface area contributed by atoms with Crippen LogP contribution in [0.15, 0.2) is 65.2 Å². The Morgan fingerprint density at radius 1 is 0.640 bits per heavy atom. The fourth-order valence-electron chi connectivity index (χ4n) is 11.7. The van der Waals surface area contributed by atoms with Gasteiger partial charge in [-0.1, -0.05) is 57.1 Å². The van der Waals surface area contributed by atoms with Gasteiger partial charge in [-0.15, -0.1) is 0 Å². The van der Waals surface area contributed by atoms with Crippen LogP contribution in [0.25, 0.3) is 33.2 Å². The first kappa shape index (κ1) is 61.3. The number of anilines is 6. The van der Waals surface area contributed by atoms with Crippen LogP contribution in [-0.2, 0) is 28.4 Å². The third kappa shape index (κ3) is 11.2. The molecule has 86 heavy (non-hydrogen) atoms. The summed E-state index contributed by atoms with van der Waals surface area (Å²) in [5.74, 6) is -3.36. The van der Waals surface area contributed by atoms with Gasteiger partial charge >= 0.3 is 12.4 Å². The van der Waals surface area contributed by atoms with E-state index in [0.717, 1.165) is 31.3 Å². The van der Waals surface area contributed by atoms with Crippen molar-refractivity contribution in [3.8, 4) is 11.4 Å². The summed E-state index contributed by atoms with van der Waals surface area (Å²) >= 11 is 12.9. The maximum Gasteiger partial charge on any atom is 0.431 e. The van der Waals surface area contributed by atoms with Crippen molar-refractivity contribution >= 4 is 91.7 Å². The molecule has 4 fully saturated rings. The standard InChI is InChI=1S/C56H60Cl2F8N16O4/c1-6-40(83)75-15-19-77(20-16-75)49-33-24-38(55(61,62)63)81(47-36(59)12-11-35(57)44(47)68)51(85)45(33)69-54(72-49)80-28-32(29-80)74(10-5)14-13-30-23-37(67)48(43(60)42(30)58)82-39(56(64,65)66)25-34-46(52(82)86)70-53(79-26-31(27-79)73(8-3)9-4)71-50(34)78-21-17-76(18-22-78)41(84)7-2/h6-7,11-12,23-25,31-32H,1-2,8-10,13-22,26-29,67-68H2,3-5H3. The van der Waals surface area contributed by atoms with Crippen molar-refractivity contribution < 1.29 is 44.7 Å². The molecule has 0 unspecified atom stereocenters. The van der Waals surface area contributed by atoms with Crippen molar-refractivity contribution in [2.45, 2.75) is 51.6 Å². The van der Waals surface area contributed by atoms with Gasteiger partial charge in [0.15, 0.2) is 5.82 Å². The van der Waals surface area contributed by atoms with Crippen molar-refractivity contribution in [3.05, 3.63) is 115 Å². The molecule has 4 saturated heterocycles. The molecule has 2 aromatic carbocycles. The molecule has 10 rings (SSSR count). The topological polar surface area (TPSA) is 208 Å². The van der Waals surface area contributed by atoms with Crippen molar-refractivity contribution in [2.75, 3.05) is 136 Å². The third-order valence-corrected chi connectivity index (χ3v) is 17.2. The Morgan fingerprint density at radius 3 is 1.49 bits per heavy atom. The van der Waals surface area contributed by atoms with Crippen LogP contribution in [-0.4, -0.2) is 177 Å². The van der Waals surface area contributed by atoms with Gasteiger partial charge < -0.3 is 40.9 Å². The molecule has 0 aliphatic carbocycles. The smallest absolute Gasteiger partial charge is 0.397 e. The van der Waals surface area contributed by atoms with Crippen LogP contribution in [0.4, 0.5) is 70.0 Å². The maximum absolute atomic E-state index is 17.0. The number of rotatable bonds is 16. The maximum atomic E-state index is 17.0. The molecular weight excluding hydrogens is 1180 g/mol. The molecule has 0 bridgehead atoms. The van der Waals surface area contributed by atoms with E-state index in [9.17, 15) is 19.2 Å². The van der Waals surface area contributed by atoms with Gasteiger partial charge in [0.05, 0.1) is 32.2 Å². The molecular formula is C56H60Cl2F8N16O4. The summed E-state index contributed by atoms with van der Waals surface area (Å²) in [6.45, 7) is 17.4. The summed E-state index contributed by atoms with van der Waals surface area (Å²) in [5, 5.41) is -1.45. The van der Waals surface area contributed by atoms with Gasteiger partial charge in [-0.2, -0.15) is 36.3 Å². The number of alkyl halides is 6. The number of aromatic nitrogens is 6. The first-order valence-electron chi connectivity index (χ1n) is 27.7. The number of carbonyl (C=O) groups excluding carboxylic acids is 2. The molecule has 30 heteroatoms. The van der Waals surface area contributed by atoms with E-state index in [2.05, 4.69) is 28.0 Å². The van der Waals surface area contributed by atoms with Crippen molar-refractivity contribution in [1.29, 1.82) is 0 Å². The van der Waals surface area contributed by atoms with E-state index in [-0.39, 0.29) is 156 Å². The molecule has 20 nitrogen and oxygen atoms in total. The lowest BCUT2D eigenvalue weighted by atomic mass is 10.0. The highest BCUT2D eigenvalue weighted by atomic mass is 35.5. The van der Waals surface area contributed by atoms with E-state index >= 15 is 35.1 Å². The molecule has 6 aromatic rings. The molecule has 4 aliphatic heterocycles. The molecule has 4 aromatic heterocycles. The number of halogens is 10. The number of hydrogen-bond donors (Lipinski definition) is 2. The van der Waals surface area contributed by atoms with E-state index in [1.165, 1.54) is 21.9 Å². The minimum atomic E-state index is -5.27. The minimum Gasteiger partial charge on any atom is -0.397 e. The van der Waals surface area contributed by atoms with Crippen LogP contribution in [0.5, 0.6) is 0 Å². The Bertz CT molecular complexity index is 3810. The zero-order chi connectivity index (χ0) is 62.0. The van der Waals surface area contributed by atoms with Crippen molar-refractivity contribution in [1.82, 2.24) is 48.7 Å². The number of amides is 2. The summed E-state index contributed by atoms with van der Waals surface area (Å²) < 4.78 is 124. The zero-order valence-corrected chi connectivity index (χ0v) is 48.5. The molecule has 0 spiro atoms. The van der Waals surface area contributed by atoms with Gasteiger partial charge in [-0.3, -0.25) is 38.1 Å². The molecule has 2 amide bonds. The Balaban J connectivity index is 0.955. The lowest BCUT2D eigenvalue weighted by molar-refractivity contribution is -0.143. The number of hydrogen-bond acceptors (Lipinski definition) is 16. The normalized spacial score (nSPS) is 16.5. The third-order valence-electron chi connectivity index (χ3n) is 16.5. The largest absolute Gasteiger partial charge is 0.431 e. The highest BCUT2D eigenvalue weighted by molar-refractivity contribution is 6.33. The number of nitrogens with zero attached hydrogens (tertiary/aromatic N) is 14. The summed E-state index contributed by atoms with van der Waals surface area (Å²) in [7, 11) is 0. The van der Waals surface area contributed by atoms with Crippen LogP contribution in [0.2, 0.25) is 10.0 Å². The second-order valence-corrected chi connectivity index (χ2v) is 22.0. The summed E-state index contributed by atoms with van der Waals surface area (Å²) in [4.78, 5) is 86.8. The highest BCUT2D eigenvalue weighted by Crippen LogP contribution is 2.41. The SMILES string of the molecule is C=CC(=O)N1CCN(c2nc(N3CC(N(CC)CCc4cc(N)c(-n5c(C(F)(F)F)cc6c(N7CCN(C(=O)C=C)CC7)nc(N7CC(N(CC)CC)C7)nc6c5=O)c(F)c4Cl)C3)nc3c(=O)n(-c4c(F)ccc(Cl)c4N)c(C(F)(F)F)cc23)CC1. The van der Waals surface area contributed by atoms with Gasteiger partial charge in [0.1, 0.15) is 51.2 Å². The van der Waals surface area contributed by atoms with Crippen LogP contribution < -0.4 is 42.2 Å². The van der Waals surface area contributed by atoms with Crippen molar-refractivity contribution in [2.24, 2.45) is 0 Å². The highest BCUT2D eigenvalue weighted by Gasteiger charge is 2.42. The average molecular weight is 1240 g/mol. The lowest BCUT2D eigenvalue weighted by Crippen LogP contribution is -2.60. The summed E-state index contributed by atoms with van der Waals surface area (Å²) in [6, 6.07) is 4.20. The summed E-state index contributed by atoms with van der Waals surface area (Å²) in [6.07, 6.45) is -8.21. The van der Waals surface area contributed by atoms with E-state index in [1.54, 1.807) is 19.6 Å². The quantitative estimate of drug-likeness (QED) is 0.0594. The monoisotopic (exact) mass is 1240 g/mol. The van der Waals surface area contributed by atoms with Gasteiger partial charge in [0, 0.05) is 97.2 Å². The Morgan fingerprint density at radius 2 is 1.07 bits per heavy atom. The molecule has 0 radical (unpaired) electrons. The number of piperazine rings is 2. The number of nitrogens with two attached hydrogens (primary N) is 2. The number of pyridine rings is 2. The number of nitrogen functional groups attached to an aromatic ring is 2. The van der Waals surface area contributed by atoms with Gasteiger partial charge in [-0.05, 0) is 74.1 Å². The van der Waals surface area contributed by atoms with E-state index in [0.29, 0.717) is 31.8 Å². The first-order valence-corrected chi connectivity index (χ1v) is 28.5. The minimum absolute atomic E-state index is 0.000472. The number of carbonyl (C=O) groups is 2. The number of fused-ring (bicyclic) bond motifs is 2. The fraction of sp³-hybridized carbons (Fsp3) is 0.429. The summed E-state index contributed by atoms with van der Waals surface area (Å²) in [5.41, 5.74) is 2.81. The second-order valence-electron chi connectivity index (χ2n) is 21.2. The molecule has 4 aliphatic rings. The van der Waals surface area contributed by atoms with Crippen molar-refractivity contribution in [3.63, 3.8) is 0 Å². The van der Waals surface area contributed by atoms with Crippen LogP contribution >= 0.6 is 23.2 Å². The fourth-order valence-corrected chi connectivity index (χ4v) is 12.1. The molecule has 4 N–H and O–H groups in total. The zero-order valence-electron chi connectivity index (χ0n) is 47.0.